The summed E-state index contributed by atoms with van der Waals surface area (Å²) < 4.78 is 2.01. The number of nitrogens with one attached hydrogen (secondary N) is 2. The molecule has 0 aliphatic heterocycles. The number of aryl methyl sites for hydroxylation is 3. The van der Waals surface area contributed by atoms with Gasteiger partial charge in [0.1, 0.15) is 12.2 Å². The Labute approximate surface area is 174 Å². The molecular formula is C23H25N3O4. The molecule has 3 aromatic rings. The molecule has 30 heavy (non-hydrogen) atoms. The van der Waals surface area contributed by atoms with Crippen LogP contribution in [0.15, 0.2) is 42.5 Å². The number of carboxylic acid groups (broad SMARTS) is 1. The van der Waals surface area contributed by atoms with E-state index >= 15 is 0 Å². The van der Waals surface area contributed by atoms with Crippen molar-refractivity contribution >= 4 is 34.4 Å². The van der Waals surface area contributed by atoms with Gasteiger partial charge in [-0.1, -0.05) is 13.0 Å². The molecule has 2 amide bonds. The molecule has 0 radical (unpaired) electrons. The van der Waals surface area contributed by atoms with Crippen LogP contribution in [0.3, 0.4) is 0 Å². The van der Waals surface area contributed by atoms with Gasteiger partial charge < -0.3 is 20.3 Å². The molecule has 0 fully saturated rings. The molecule has 7 heteroatoms. The normalized spacial score (nSPS) is 10.8. The zero-order chi connectivity index (χ0) is 21.8. The first-order chi connectivity index (χ1) is 14.3. The van der Waals surface area contributed by atoms with E-state index in [1.165, 1.54) is 5.56 Å². The van der Waals surface area contributed by atoms with Gasteiger partial charge in [0.05, 0.1) is 0 Å². The van der Waals surface area contributed by atoms with Gasteiger partial charge in [-0.25, -0.2) is 0 Å². The number of fused-ring (bicyclic) bond motifs is 1. The lowest BCUT2D eigenvalue weighted by Gasteiger charge is -2.10. The molecule has 0 saturated heterocycles. The molecule has 3 rings (SSSR count). The van der Waals surface area contributed by atoms with Crippen LogP contribution in [0, 0.1) is 6.92 Å². The minimum absolute atomic E-state index is 0.216. The van der Waals surface area contributed by atoms with Gasteiger partial charge in [-0.15, -0.1) is 0 Å². The summed E-state index contributed by atoms with van der Waals surface area (Å²) in [6, 6.07) is 12.6. The van der Waals surface area contributed by atoms with Crippen LogP contribution in [-0.4, -0.2) is 34.0 Å². The Morgan fingerprint density at radius 3 is 2.30 bits per heavy atom. The summed E-state index contributed by atoms with van der Waals surface area (Å²) in [5, 5.41) is 14.9. The van der Waals surface area contributed by atoms with Crippen molar-refractivity contribution in [3.8, 4) is 0 Å². The van der Waals surface area contributed by atoms with E-state index < -0.39 is 18.4 Å². The predicted molar refractivity (Wildman–Crippen MR) is 116 cm³/mol. The fourth-order valence-corrected chi connectivity index (χ4v) is 3.56. The van der Waals surface area contributed by atoms with Crippen LogP contribution in [0.4, 0.5) is 5.69 Å². The highest BCUT2D eigenvalue weighted by Gasteiger charge is 2.20. The van der Waals surface area contributed by atoms with Gasteiger partial charge in [0, 0.05) is 28.7 Å². The lowest BCUT2D eigenvalue weighted by atomic mass is 10.1. The predicted octanol–water partition coefficient (Wildman–Crippen LogP) is 3.60. The summed E-state index contributed by atoms with van der Waals surface area (Å²) in [7, 11) is 0. The monoisotopic (exact) mass is 407 g/mol. The smallest absolute Gasteiger partial charge is 0.322 e. The van der Waals surface area contributed by atoms with Gasteiger partial charge in [-0.3, -0.25) is 14.4 Å². The highest BCUT2D eigenvalue weighted by Crippen LogP contribution is 2.28. The first kappa shape index (κ1) is 21.1. The molecule has 7 nitrogen and oxygen atoms in total. The van der Waals surface area contributed by atoms with Crippen molar-refractivity contribution in [1.82, 2.24) is 9.88 Å². The third-order valence-electron chi connectivity index (χ3n) is 5.13. The number of amides is 2. The topological polar surface area (TPSA) is 100 Å². The quantitative estimate of drug-likeness (QED) is 0.557. The van der Waals surface area contributed by atoms with Gasteiger partial charge >= 0.3 is 5.97 Å². The van der Waals surface area contributed by atoms with Gasteiger partial charge in [0.25, 0.3) is 11.8 Å². The van der Waals surface area contributed by atoms with E-state index in [1.54, 1.807) is 24.3 Å². The molecule has 3 N–H and O–H groups in total. The zero-order valence-corrected chi connectivity index (χ0v) is 17.3. The van der Waals surface area contributed by atoms with Crippen LogP contribution in [-0.2, 0) is 17.8 Å². The highest BCUT2D eigenvalue weighted by atomic mass is 16.4. The molecule has 1 heterocycles. The number of nitrogens with zero attached hydrogens (tertiary/aromatic N) is 1. The van der Waals surface area contributed by atoms with E-state index in [9.17, 15) is 14.4 Å². The molecule has 1 aromatic heterocycles. The van der Waals surface area contributed by atoms with Gasteiger partial charge in [0.2, 0.25) is 0 Å². The minimum atomic E-state index is -1.11. The van der Waals surface area contributed by atoms with Crippen LogP contribution in [0.5, 0.6) is 0 Å². The third-order valence-corrected chi connectivity index (χ3v) is 5.13. The van der Waals surface area contributed by atoms with Crippen molar-refractivity contribution in [1.29, 1.82) is 0 Å². The molecule has 0 atom stereocenters. The molecule has 0 aliphatic carbocycles. The van der Waals surface area contributed by atoms with Crippen LogP contribution in [0.2, 0.25) is 0 Å². The van der Waals surface area contributed by atoms with E-state index in [-0.39, 0.29) is 5.91 Å². The summed E-state index contributed by atoms with van der Waals surface area (Å²) >= 11 is 0. The van der Waals surface area contributed by atoms with Crippen LogP contribution in [0.1, 0.15) is 45.8 Å². The van der Waals surface area contributed by atoms with Crippen molar-refractivity contribution in [2.24, 2.45) is 0 Å². The Balaban J connectivity index is 1.84. The van der Waals surface area contributed by atoms with Crippen molar-refractivity contribution in [3.05, 3.63) is 64.8 Å². The molecular weight excluding hydrogens is 382 g/mol. The van der Waals surface area contributed by atoms with E-state index in [1.807, 2.05) is 18.4 Å². The lowest BCUT2D eigenvalue weighted by molar-refractivity contribution is -0.135. The fourth-order valence-electron chi connectivity index (χ4n) is 3.56. The molecule has 0 spiro atoms. The Morgan fingerprint density at radius 2 is 1.70 bits per heavy atom. The zero-order valence-electron chi connectivity index (χ0n) is 17.3. The summed E-state index contributed by atoms with van der Waals surface area (Å²) in [5.74, 6) is -1.81. The summed E-state index contributed by atoms with van der Waals surface area (Å²) in [6.07, 6.45) is 0.931. The second kappa shape index (κ2) is 8.82. The number of aromatic nitrogens is 1. The molecule has 0 aliphatic rings. The summed E-state index contributed by atoms with van der Waals surface area (Å²) in [5.41, 5.74) is 4.68. The SMILES string of the molecule is CCc1ccc2c(c1)c(C)c(C(=O)Nc1ccc(C(=O)NCC(=O)O)cc1)n2CC. The first-order valence-corrected chi connectivity index (χ1v) is 9.88. The Morgan fingerprint density at radius 1 is 1.00 bits per heavy atom. The average molecular weight is 407 g/mol. The highest BCUT2D eigenvalue weighted by molar-refractivity contribution is 6.08. The van der Waals surface area contributed by atoms with Crippen molar-refractivity contribution in [2.45, 2.75) is 33.7 Å². The van der Waals surface area contributed by atoms with Crippen molar-refractivity contribution in [3.63, 3.8) is 0 Å². The number of rotatable bonds is 7. The van der Waals surface area contributed by atoms with Gasteiger partial charge in [-0.2, -0.15) is 0 Å². The second-order valence-electron chi connectivity index (χ2n) is 7.03. The number of carbonyl (C=O) groups excluding carboxylic acids is 2. The second-order valence-corrected chi connectivity index (χ2v) is 7.03. The number of hydrogen-bond acceptors (Lipinski definition) is 3. The first-order valence-electron chi connectivity index (χ1n) is 9.88. The maximum Gasteiger partial charge on any atom is 0.322 e. The van der Waals surface area contributed by atoms with Crippen LogP contribution in [0.25, 0.3) is 10.9 Å². The minimum Gasteiger partial charge on any atom is -0.480 e. The van der Waals surface area contributed by atoms with Gasteiger partial charge in [0.15, 0.2) is 0 Å². The summed E-state index contributed by atoms with van der Waals surface area (Å²) in [6.45, 7) is 6.29. The van der Waals surface area contributed by atoms with E-state index in [2.05, 4.69) is 35.8 Å². The number of benzene rings is 2. The van der Waals surface area contributed by atoms with Crippen LogP contribution >= 0.6 is 0 Å². The van der Waals surface area contributed by atoms with Gasteiger partial charge in [-0.05, 0) is 67.8 Å². The number of anilines is 1. The molecule has 0 unspecified atom stereocenters. The van der Waals surface area contributed by atoms with Crippen molar-refractivity contribution < 1.29 is 19.5 Å². The van der Waals surface area contributed by atoms with E-state index in [4.69, 9.17) is 5.11 Å². The molecule has 2 aromatic carbocycles. The molecule has 0 saturated carbocycles. The van der Waals surface area contributed by atoms with Crippen LogP contribution < -0.4 is 10.6 Å². The third kappa shape index (κ3) is 4.20. The molecule has 0 bridgehead atoms. The largest absolute Gasteiger partial charge is 0.480 e. The van der Waals surface area contributed by atoms with Crippen molar-refractivity contribution in [2.75, 3.05) is 11.9 Å². The summed E-state index contributed by atoms with van der Waals surface area (Å²) in [4.78, 5) is 35.5. The lowest BCUT2D eigenvalue weighted by Crippen LogP contribution is -2.29. The molecule has 156 valence electrons. The maximum atomic E-state index is 13.1. The van der Waals surface area contributed by atoms with E-state index in [0.717, 1.165) is 22.9 Å². The fraction of sp³-hybridized carbons (Fsp3) is 0.261. The standard InChI is InChI=1S/C23H25N3O4/c1-4-15-6-11-19-18(12-15)14(3)21(26(19)5-2)23(30)25-17-9-7-16(8-10-17)22(29)24-13-20(27)28/h6-12H,4-5,13H2,1-3H3,(H,24,29)(H,25,30)(H,27,28). The number of hydrogen-bond donors (Lipinski definition) is 3. The number of carbonyl (C=O) groups is 3. The number of aliphatic carboxylic acids is 1. The Kier molecular flexibility index (Phi) is 6.20. The number of carboxylic acids is 1. The maximum absolute atomic E-state index is 13.1. The average Bonchev–Trinajstić information content (AvgIpc) is 3.03. The Bertz CT molecular complexity index is 1110. The Hall–Kier alpha value is -3.61. The van der Waals surface area contributed by atoms with E-state index in [0.29, 0.717) is 23.5 Å².